The van der Waals surface area contributed by atoms with Crippen LogP contribution in [0.15, 0.2) is 36.6 Å². The lowest BCUT2D eigenvalue weighted by Crippen LogP contribution is -2.19. The molecule has 0 aliphatic carbocycles. The van der Waals surface area contributed by atoms with Gasteiger partial charge in [0.25, 0.3) is 0 Å². The molecule has 0 aliphatic rings. The lowest BCUT2D eigenvalue weighted by Gasteiger charge is -2.08. The molecule has 2 N–H and O–H groups in total. The van der Waals surface area contributed by atoms with E-state index in [9.17, 15) is 0 Å². The second-order valence-electron chi connectivity index (χ2n) is 2.73. The highest BCUT2D eigenvalue weighted by Crippen LogP contribution is 2.11. The average molecular weight is 197 g/mol. The van der Waals surface area contributed by atoms with Gasteiger partial charge in [0.2, 0.25) is 0 Å². The highest BCUT2D eigenvalue weighted by atomic mass is 16.5. The van der Waals surface area contributed by atoms with Crippen molar-refractivity contribution in [1.29, 1.82) is 0 Å². The summed E-state index contributed by atoms with van der Waals surface area (Å²) in [7, 11) is 1.61. The van der Waals surface area contributed by atoms with Gasteiger partial charge in [-0.2, -0.15) is 0 Å². The normalized spacial score (nSPS) is 11.9. The first-order valence-electron chi connectivity index (χ1n) is 4.63. The Balaban J connectivity index is 4.07. The minimum absolute atomic E-state index is 0.158. The summed E-state index contributed by atoms with van der Waals surface area (Å²) in [6, 6.07) is 0. The van der Waals surface area contributed by atoms with Crippen molar-refractivity contribution in [2.24, 2.45) is 0 Å². The largest absolute Gasteiger partial charge is 0.497 e. The number of ether oxygens (including phenoxy) is 1. The van der Waals surface area contributed by atoms with Crippen LogP contribution in [0.5, 0.6) is 0 Å². The molecule has 0 amide bonds. The van der Waals surface area contributed by atoms with Crippen LogP contribution in [-0.2, 0) is 4.74 Å². The molecular weight excluding hydrogens is 178 g/mol. The number of nitrogens with one attached hydrogen (secondary N) is 1. The van der Waals surface area contributed by atoms with Crippen LogP contribution in [0.2, 0.25) is 0 Å². The predicted octanol–water partition coefficient (Wildman–Crippen LogP) is 1.23. The number of allylic oxidation sites excluding steroid dienone is 2. The predicted molar refractivity (Wildman–Crippen MR) is 59.0 cm³/mol. The summed E-state index contributed by atoms with van der Waals surface area (Å²) in [6.07, 6.45) is 4.25. The van der Waals surface area contributed by atoms with E-state index in [1.165, 1.54) is 0 Å². The molecule has 0 aromatic carbocycles. The summed E-state index contributed by atoms with van der Waals surface area (Å²) in [4.78, 5) is 0. The van der Waals surface area contributed by atoms with Crippen molar-refractivity contribution in [3.8, 4) is 0 Å². The Kier molecular flexibility index (Phi) is 7.89. The van der Waals surface area contributed by atoms with E-state index in [1.54, 1.807) is 19.3 Å². The number of aliphatic hydroxyl groups excluding tert-OH is 1. The van der Waals surface area contributed by atoms with E-state index in [0.29, 0.717) is 6.54 Å². The van der Waals surface area contributed by atoms with Crippen LogP contribution in [0.3, 0.4) is 0 Å². The lowest BCUT2D eigenvalue weighted by atomic mass is 10.1. The van der Waals surface area contributed by atoms with Gasteiger partial charge in [-0.25, -0.2) is 0 Å². The first-order chi connectivity index (χ1) is 6.79. The molecule has 0 bridgehead atoms. The number of aliphatic hydroxyl groups is 1. The average Bonchev–Trinajstić information content (AvgIpc) is 2.23. The van der Waals surface area contributed by atoms with Crippen molar-refractivity contribution in [2.75, 3.05) is 26.8 Å². The first-order valence-corrected chi connectivity index (χ1v) is 4.63. The van der Waals surface area contributed by atoms with Gasteiger partial charge in [-0.15, -0.1) is 0 Å². The van der Waals surface area contributed by atoms with E-state index in [0.717, 1.165) is 24.3 Å². The van der Waals surface area contributed by atoms with Gasteiger partial charge in [0.15, 0.2) is 0 Å². The molecule has 3 heteroatoms. The van der Waals surface area contributed by atoms with Crippen LogP contribution >= 0.6 is 0 Å². The molecule has 0 unspecified atom stereocenters. The molecule has 0 heterocycles. The summed E-state index contributed by atoms with van der Waals surface area (Å²) in [6.45, 7) is 8.93. The second-order valence-corrected chi connectivity index (χ2v) is 2.73. The summed E-state index contributed by atoms with van der Waals surface area (Å²) in [5.41, 5.74) is 1.02. The molecule has 3 nitrogen and oxygen atoms in total. The minimum atomic E-state index is 0.158. The summed E-state index contributed by atoms with van der Waals surface area (Å²) in [5, 5.41) is 11.6. The molecule has 0 atom stereocenters. The smallest absolute Gasteiger partial charge is 0.121 e. The van der Waals surface area contributed by atoms with Gasteiger partial charge < -0.3 is 15.2 Å². The van der Waals surface area contributed by atoms with Crippen molar-refractivity contribution in [2.45, 2.75) is 6.42 Å². The second kappa shape index (κ2) is 8.53. The zero-order valence-electron chi connectivity index (χ0n) is 8.75. The molecule has 14 heavy (non-hydrogen) atoms. The maximum Gasteiger partial charge on any atom is 0.121 e. The molecule has 0 spiro atoms. The van der Waals surface area contributed by atoms with E-state index in [4.69, 9.17) is 9.84 Å². The molecule has 80 valence electrons. The van der Waals surface area contributed by atoms with Crippen LogP contribution in [0.25, 0.3) is 0 Å². The third-order valence-corrected chi connectivity index (χ3v) is 1.83. The third kappa shape index (κ3) is 4.84. The van der Waals surface area contributed by atoms with Gasteiger partial charge >= 0.3 is 0 Å². The zero-order valence-corrected chi connectivity index (χ0v) is 8.75. The monoisotopic (exact) mass is 197 g/mol. The van der Waals surface area contributed by atoms with E-state index >= 15 is 0 Å². The quantitative estimate of drug-likeness (QED) is 0.349. The van der Waals surface area contributed by atoms with Crippen molar-refractivity contribution >= 4 is 0 Å². The van der Waals surface area contributed by atoms with E-state index in [1.807, 2.05) is 0 Å². The summed E-state index contributed by atoms with van der Waals surface area (Å²) >= 11 is 0. The zero-order chi connectivity index (χ0) is 10.8. The summed E-state index contributed by atoms with van der Waals surface area (Å²) < 4.78 is 5.12. The minimum Gasteiger partial charge on any atom is -0.497 e. The maximum atomic E-state index is 8.55. The third-order valence-electron chi connectivity index (χ3n) is 1.83. The van der Waals surface area contributed by atoms with Gasteiger partial charge in [0.05, 0.1) is 13.7 Å². The first kappa shape index (κ1) is 12.9. The molecule has 0 saturated heterocycles. The highest BCUT2D eigenvalue weighted by molar-refractivity contribution is 5.27. The van der Waals surface area contributed by atoms with Crippen LogP contribution < -0.4 is 5.32 Å². The number of methoxy groups -OCH3 is 1. The summed E-state index contributed by atoms with van der Waals surface area (Å²) in [5.74, 6) is 0.755. The number of hydrogen-bond acceptors (Lipinski definition) is 3. The van der Waals surface area contributed by atoms with Crippen LogP contribution in [0.1, 0.15) is 6.42 Å². The van der Waals surface area contributed by atoms with Crippen molar-refractivity contribution in [3.05, 3.63) is 36.6 Å². The molecule has 0 aromatic rings. The molecule has 0 fully saturated rings. The Labute approximate surface area is 85.8 Å². The van der Waals surface area contributed by atoms with E-state index in [2.05, 4.69) is 18.5 Å². The molecule has 0 rings (SSSR count). The van der Waals surface area contributed by atoms with E-state index in [-0.39, 0.29) is 6.61 Å². The van der Waals surface area contributed by atoms with Crippen molar-refractivity contribution in [3.63, 3.8) is 0 Å². The molecule has 0 aliphatic heterocycles. The molecule has 0 saturated carbocycles. The lowest BCUT2D eigenvalue weighted by molar-refractivity contribution is 0.291. The SMILES string of the molecule is C=C/C(CCNCCO)=C(\C=C)OC. The van der Waals surface area contributed by atoms with Crippen molar-refractivity contribution in [1.82, 2.24) is 5.32 Å². The van der Waals surface area contributed by atoms with Crippen LogP contribution in [0, 0.1) is 0 Å². The fourth-order valence-corrected chi connectivity index (χ4v) is 1.10. The Morgan fingerprint density at radius 2 is 2.07 bits per heavy atom. The topological polar surface area (TPSA) is 41.5 Å². The standard InChI is InChI=1S/C11H19NO2/c1-4-10(11(5-2)14-3)6-7-12-8-9-13/h4-5,12-13H,1-2,6-9H2,3H3/b11-10-. The van der Waals surface area contributed by atoms with Gasteiger partial charge in [-0.05, 0) is 24.6 Å². The van der Waals surface area contributed by atoms with Gasteiger partial charge in [0.1, 0.15) is 5.76 Å². The fourth-order valence-electron chi connectivity index (χ4n) is 1.10. The van der Waals surface area contributed by atoms with Gasteiger partial charge in [-0.1, -0.05) is 19.2 Å². The van der Waals surface area contributed by atoms with E-state index < -0.39 is 0 Å². The van der Waals surface area contributed by atoms with Crippen LogP contribution in [-0.4, -0.2) is 31.9 Å². The maximum absolute atomic E-state index is 8.55. The van der Waals surface area contributed by atoms with Gasteiger partial charge in [0, 0.05) is 6.54 Å². The molecule has 0 radical (unpaired) electrons. The molecular formula is C11H19NO2. The van der Waals surface area contributed by atoms with Gasteiger partial charge in [-0.3, -0.25) is 0 Å². The fraction of sp³-hybridized carbons (Fsp3) is 0.455. The Hall–Kier alpha value is -1.06. The molecule has 0 aromatic heterocycles. The number of hydrogen-bond donors (Lipinski definition) is 2. The highest BCUT2D eigenvalue weighted by Gasteiger charge is 1.99. The van der Waals surface area contributed by atoms with Crippen LogP contribution in [0.4, 0.5) is 0 Å². The number of rotatable bonds is 8. The Morgan fingerprint density at radius 3 is 2.50 bits per heavy atom. The Bertz CT molecular complexity index is 209. The Morgan fingerprint density at radius 1 is 1.36 bits per heavy atom. The van der Waals surface area contributed by atoms with Crippen molar-refractivity contribution < 1.29 is 9.84 Å².